The van der Waals surface area contributed by atoms with E-state index in [1.54, 1.807) is 11.9 Å². The summed E-state index contributed by atoms with van der Waals surface area (Å²) in [6, 6.07) is 0. The zero-order chi connectivity index (χ0) is 15.5. The summed E-state index contributed by atoms with van der Waals surface area (Å²) < 4.78 is 0. The molecule has 2 rings (SSSR count). The summed E-state index contributed by atoms with van der Waals surface area (Å²) >= 11 is 0. The number of likely N-dealkylation sites (N-methyl/N-ethyl adjacent to an activating group) is 1. The zero-order valence-corrected chi connectivity index (χ0v) is 12.5. The number of rotatable bonds is 4. The number of carbonyl (C=O) groups excluding carboxylic acids is 2. The van der Waals surface area contributed by atoms with Gasteiger partial charge in [-0.1, -0.05) is 18.0 Å². The van der Waals surface area contributed by atoms with Crippen LogP contribution in [-0.2, 0) is 9.59 Å². The van der Waals surface area contributed by atoms with Crippen LogP contribution in [0.15, 0.2) is 5.16 Å². The van der Waals surface area contributed by atoms with Gasteiger partial charge in [0.25, 0.3) is 0 Å². The highest BCUT2D eigenvalue weighted by molar-refractivity contribution is 6.07. The van der Waals surface area contributed by atoms with Crippen molar-refractivity contribution < 1.29 is 14.8 Å². The average Bonchev–Trinajstić information content (AvgIpc) is 3.16. The average molecular weight is 296 g/mol. The third-order valence-electron chi connectivity index (χ3n) is 4.64. The van der Waals surface area contributed by atoms with Gasteiger partial charge < -0.3 is 20.7 Å². The Balaban J connectivity index is 2.04. The number of likely N-dealkylation sites (tertiary alicyclic amines) is 1. The highest BCUT2D eigenvalue weighted by atomic mass is 16.4. The number of hydrogen-bond donors (Lipinski definition) is 2. The van der Waals surface area contributed by atoms with Crippen LogP contribution in [0, 0.1) is 5.41 Å². The van der Waals surface area contributed by atoms with Crippen molar-refractivity contribution in [1.82, 2.24) is 9.80 Å². The van der Waals surface area contributed by atoms with Gasteiger partial charge in [-0.05, 0) is 25.7 Å². The van der Waals surface area contributed by atoms with Crippen LogP contribution < -0.4 is 5.73 Å². The minimum atomic E-state index is -0.936. The Kier molecular flexibility index (Phi) is 4.69. The summed E-state index contributed by atoms with van der Waals surface area (Å²) in [5.74, 6) is -0.288. The highest BCUT2D eigenvalue weighted by Gasteiger charge is 2.47. The van der Waals surface area contributed by atoms with Crippen molar-refractivity contribution in [1.29, 1.82) is 0 Å². The maximum absolute atomic E-state index is 12.7. The molecule has 0 atom stereocenters. The van der Waals surface area contributed by atoms with Crippen molar-refractivity contribution in [3.8, 4) is 0 Å². The number of oxime groups is 1. The molecular weight excluding hydrogens is 272 g/mol. The van der Waals surface area contributed by atoms with Gasteiger partial charge >= 0.3 is 0 Å². The van der Waals surface area contributed by atoms with Gasteiger partial charge in [0.1, 0.15) is 5.41 Å². The quantitative estimate of drug-likeness (QED) is 0.339. The Morgan fingerprint density at radius 3 is 2.33 bits per heavy atom. The van der Waals surface area contributed by atoms with Crippen molar-refractivity contribution in [3.05, 3.63) is 0 Å². The highest BCUT2D eigenvalue weighted by Crippen LogP contribution is 2.39. The molecule has 1 aliphatic carbocycles. The lowest BCUT2D eigenvalue weighted by Crippen LogP contribution is -2.51. The summed E-state index contributed by atoms with van der Waals surface area (Å²) in [5, 5.41) is 12.0. The fraction of sp³-hybridized carbons (Fsp3) is 0.786. The number of nitrogens with two attached hydrogens (primary N) is 1. The topological polar surface area (TPSA) is 99.2 Å². The predicted molar refractivity (Wildman–Crippen MR) is 77.8 cm³/mol. The van der Waals surface area contributed by atoms with E-state index in [9.17, 15) is 9.59 Å². The predicted octanol–water partition coefficient (Wildman–Crippen LogP) is 0.374. The molecule has 0 bridgehead atoms. The van der Waals surface area contributed by atoms with E-state index >= 15 is 0 Å². The molecule has 1 aliphatic heterocycles. The minimum Gasteiger partial charge on any atom is -0.409 e. The normalized spacial score (nSPS) is 21.6. The van der Waals surface area contributed by atoms with E-state index in [1.165, 1.54) is 4.90 Å². The summed E-state index contributed by atoms with van der Waals surface area (Å²) in [5.41, 5.74) is 4.83. The van der Waals surface area contributed by atoms with Gasteiger partial charge in [-0.2, -0.15) is 0 Å². The second-order valence-corrected chi connectivity index (χ2v) is 6.02. The minimum absolute atomic E-state index is 0.0315. The van der Waals surface area contributed by atoms with Crippen molar-refractivity contribution in [2.24, 2.45) is 16.3 Å². The Morgan fingerprint density at radius 1 is 1.24 bits per heavy atom. The first-order chi connectivity index (χ1) is 10.0. The van der Waals surface area contributed by atoms with Gasteiger partial charge in [0.2, 0.25) is 11.8 Å². The number of hydrogen-bond acceptors (Lipinski definition) is 4. The van der Waals surface area contributed by atoms with E-state index < -0.39 is 5.41 Å². The fourth-order valence-corrected chi connectivity index (χ4v) is 3.36. The van der Waals surface area contributed by atoms with Crippen LogP contribution >= 0.6 is 0 Å². The molecule has 0 aromatic carbocycles. The maximum Gasteiger partial charge on any atom is 0.242 e. The van der Waals surface area contributed by atoms with Crippen molar-refractivity contribution >= 4 is 17.6 Å². The maximum atomic E-state index is 12.7. The van der Waals surface area contributed by atoms with E-state index in [-0.39, 0.29) is 24.2 Å². The standard InChI is InChI=1S/C14H24N4O3/c1-17(10-11(19)18-8-4-5-9-18)13(20)14(12(15)16-21)6-2-3-7-14/h21H,2-10H2,1H3,(H2,15,16). The van der Waals surface area contributed by atoms with Crippen molar-refractivity contribution in [3.63, 3.8) is 0 Å². The van der Waals surface area contributed by atoms with Gasteiger partial charge in [-0.25, -0.2) is 0 Å². The van der Waals surface area contributed by atoms with Crippen LogP contribution in [0.25, 0.3) is 0 Å². The van der Waals surface area contributed by atoms with Crippen LogP contribution in [0.1, 0.15) is 38.5 Å². The molecule has 2 amide bonds. The van der Waals surface area contributed by atoms with Crippen molar-refractivity contribution in [2.75, 3.05) is 26.7 Å². The third-order valence-corrected chi connectivity index (χ3v) is 4.64. The summed E-state index contributed by atoms with van der Waals surface area (Å²) in [4.78, 5) is 28.0. The molecule has 1 heterocycles. The largest absolute Gasteiger partial charge is 0.409 e. The van der Waals surface area contributed by atoms with Gasteiger partial charge in [-0.15, -0.1) is 0 Å². The molecule has 0 radical (unpaired) electrons. The smallest absolute Gasteiger partial charge is 0.242 e. The molecule has 0 aromatic rings. The Bertz CT molecular complexity index is 438. The summed E-state index contributed by atoms with van der Waals surface area (Å²) in [6.45, 7) is 1.60. The second-order valence-electron chi connectivity index (χ2n) is 6.02. The summed E-state index contributed by atoms with van der Waals surface area (Å²) in [6.07, 6.45) is 4.94. The van der Waals surface area contributed by atoms with Gasteiger partial charge in [0, 0.05) is 20.1 Å². The van der Waals surface area contributed by atoms with E-state index in [0.717, 1.165) is 38.8 Å². The first kappa shape index (κ1) is 15.6. The molecule has 0 unspecified atom stereocenters. The monoisotopic (exact) mass is 296 g/mol. The lowest BCUT2D eigenvalue weighted by molar-refractivity contribution is -0.143. The van der Waals surface area contributed by atoms with E-state index in [2.05, 4.69) is 5.16 Å². The van der Waals surface area contributed by atoms with Crippen LogP contribution in [0.4, 0.5) is 0 Å². The van der Waals surface area contributed by atoms with Gasteiger partial charge in [-0.3, -0.25) is 9.59 Å². The SMILES string of the molecule is CN(CC(=O)N1CCCC1)C(=O)C1(C(N)=NO)CCCC1. The Morgan fingerprint density at radius 2 is 1.81 bits per heavy atom. The number of nitrogens with zero attached hydrogens (tertiary/aromatic N) is 3. The molecule has 1 saturated heterocycles. The zero-order valence-electron chi connectivity index (χ0n) is 12.5. The second kappa shape index (κ2) is 6.32. The van der Waals surface area contributed by atoms with E-state index in [0.29, 0.717) is 12.8 Å². The lowest BCUT2D eigenvalue weighted by Gasteiger charge is -2.31. The molecule has 3 N–H and O–H groups in total. The molecule has 0 aromatic heterocycles. The molecule has 2 aliphatic rings. The van der Waals surface area contributed by atoms with E-state index in [1.807, 2.05) is 0 Å². The molecule has 7 nitrogen and oxygen atoms in total. The molecule has 2 fully saturated rings. The Labute approximate surface area is 124 Å². The number of amides is 2. The Hall–Kier alpha value is -1.79. The van der Waals surface area contributed by atoms with E-state index in [4.69, 9.17) is 10.9 Å². The first-order valence-electron chi connectivity index (χ1n) is 7.52. The van der Waals surface area contributed by atoms with Crippen LogP contribution in [0.5, 0.6) is 0 Å². The lowest BCUT2D eigenvalue weighted by atomic mass is 9.83. The fourth-order valence-electron chi connectivity index (χ4n) is 3.36. The first-order valence-corrected chi connectivity index (χ1v) is 7.52. The summed E-state index contributed by atoms with van der Waals surface area (Å²) in [7, 11) is 1.61. The molecule has 1 saturated carbocycles. The van der Waals surface area contributed by atoms with Crippen LogP contribution in [0.2, 0.25) is 0 Å². The number of carbonyl (C=O) groups is 2. The molecule has 21 heavy (non-hydrogen) atoms. The molecule has 7 heteroatoms. The molecule has 118 valence electrons. The molecule has 0 spiro atoms. The number of amidine groups is 1. The van der Waals surface area contributed by atoms with Crippen LogP contribution in [0.3, 0.4) is 0 Å². The van der Waals surface area contributed by atoms with Gasteiger partial charge in [0.15, 0.2) is 5.84 Å². The third kappa shape index (κ3) is 2.96. The van der Waals surface area contributed by atoms with Gasteiger partial charge in [0.05, 0.1) is 6.54 Å². The molecular formula is C14H24N4O3. The van der Waals surface area contributed by atoms with Crippen LogP contribution in [-0.4, -0.2) is 59.3 Å². The van der Waals surface area contributed by atoms with Crippen molar-refractivity contribution in [2.45, 2.75) is 38.5 Å².